The summed E-state index contributed by atoms with van der Waals surface area (Å²) in [7, 11) is 0. The lowest BCUT2D eigenvalue weighted by atomic mass is 10.2. The van der Waals surface area contributed by atoms with Crippen molar-refractivity contribution in [3.8, 4) is 0 Å². The molecule has 0 aromatic carbocycles. The molecule has 0 fully saturated rings. The Labute approximate surface area is 230 Å². The summed E-state index contributed by atoms with van der Waals surface area (Å²) in [5.41, 5.74) is 0. The van der Waals surface area contributed by atoms with Crippen molar-refractivity contribution in [3.63, 3.8) is 0 Å². The highest BCUT2D eigenvalue weighted by Gasteiger charge is 2.06. The van der Waals surface area contributed by atoms with Gasteiger partial charge in [-0.15, -0.1) is 0 Å². The number of nitrogens with zero attached hydrogens (tertiary/aromatic N) is 1. The van der Waals surface area contributed by atoms with Gasteiger partial charge in [0.1, 0.15) is 0 Å². The van der Waals surface area contributed by atoms with E-state index >= 15 is 0 Å². The standard InChI is InChI=1S/C30H63NO6/c1-4-7-10-13-19-32-25-28-35-22-16-31(17-23-36-29-26-33-20-14-11-8-5-2)18-24-37-30-27-34-21-15-12-9-6-3/h4-30H2,1-3H3. The lowest BCUT2D eigenvalue weighted by Gasteiger charge is -2.22. The molecule has 0 aliphatic heterocycles. The SMILES string of the molecule is CCCCCCOCCOCCN(CCOCCOCCCCCC)CCOCCOCCCCCC. The lowest BCUT2D eigenvalue weighted by molar-refractivity contribution is 0.00984. The molecule has 0 bridgehead atoms. The van der Waals surface area contributed by atoms with Crippen LogP contribution in [0.2, 0.25) is 0 Å². The number of ether oxygens (including phenoxy) is 6. The summed E-state index contributed by atoms with van der Waals surface area (Å²) in [6, 6.07) is 0. The Morgan fingerprint density at radius 2 is 0.568 bits per heavy atom. The largest absolute Gasteiger partial charge is 0.379 e. The molecule has 0 rings (SSSR count). The molecule has 0 N–H and O–H groups in total. The van der Waals surface area contributed by atoms with Gasteiger partial charge in [0.05, 0.1) is 59.5 Å². The zero-order valence-corrected chi connectivity index (χ0v) is 25.0. The maximum atomic E-state index is 5.80. The van der Waals surface area contributed by atoms with E-state index in [2.05, 4.69) is 25.7 Å². The van der Waals surface area contributed by atoms with Gasteiger partial charge >= 0.3 is 0 Å². The van der Waals surface area contributed by atoms with Gasteiger partial charge in [-0.05, 0) is 19.3 Å². The normalized spacial score (nSPS) is 11.7. The van der Waals surface area contributed by atoms with E-state index in [-0.39, 0.29) is 0 Å². The molecule has 0 spiro atoms. The lowest BCUT2D eigenvalue weighted by Crippen LogP contribution is -2.34. The molecule has 0 saturated heterocycles. The Morgan fingerprint density at radius 3 is 0.838 bits per heavy atom. The number of hydrogen-bond donors (Lipinski definition) is 0. The molecule has 0 amide bonds. The summed E-state index contributed by atoms with van der Waals surface area (Å²) in [4.78, 5) is 2.35. The van der Waals surface area contributed by atoms with Gasteiger partial charge in [0.2, 0.25) is 0 Å². The third-order valence-electron chi connectivity index (χ3n) is 6.20. The second kappa shape index (κ2) is 33.7. The molecule has 0 atom stereocenters. The summed E-state index contributed by atoms with van der Waals surface area (Å²) in [6.07, 6.45) is 14.9. The maximum absolute atomic E-state index is 5.80. The van der Waals surface area contributed by atoms with Gasteiger partial charge in [-0.25, -0.2) is 0 Å². The smallest absolute Gasteiger partial charge is 0.0701 e. The summed E-state index contributed by atoms with van der Waals surface area (Å²) >= 11 is 0. The van der Waals surface area contributed by atoms with E-state index in [0.29, 0.717) is 59.5 Å². The molecule has 7 heteroatoms. The first-order valence-electron chi connectivity index (χ1n) is 15.5. The molecule has 37 heavy (non-hydrogen) atoms. The van der Waals surface area contributed by atoms with Gasteiger partial charge in [-0.1, -0.05) is 78.6 Å². The van der Waals surface area contributed by atoms with E-state index in [4.69, 9.17) is 28.4 Å². The minimum atomic E-state index is 0.653. The van der Waals surface area contributed by atoms with Gasteiger partial charge < -0.3 is 28.4 Å². The van der Waals surface area contributed by atoms with Crippen molar-refractivity contribution in [1.29, 1.82) is 0 Å². The van der Waals surface area contributed by atoms with Crippen LogP contribution in [-0.2, 0) is 28.4 Å². The van der Waals surface area contributed by atoms with Gasteiger partial charge in [-0.3, -0.25) is 4.90 Å². The van der Waals surface area contributed by atoms with Crippen LogP contribution in [0.4, 0.5) is 0 Å². The quantitative estimate of drug-likeness (QED) is 0.0941. The molecule has 0 radical (unpaired) electrons. The predicted molar refractivity (Wildman–Crippen MR) is 154 cm³/mol. The highest BCUT2D eigenvalue weighted by molar-refractivity contribution is 4.57. The highest BCUT2D eigenvalue weighted by atomic mass is 16.5. The van der Waals surface area contributed by atoms with Crippen molar-refractivity contribution in [2.45, 2.75) is 97.8 Å². The van der Waals surface area contributed by atoms with Crippen molar-refractivity contribution in [2.75, 3.05) is 98.9 Å². The summed E-state index contributed by atoms with van der Waals surface area (Å²) in [5.74, 6) is 0. The number of rotatable bonds is 33. The van der Waals surface area contributed by atoms with Crippen molar-refractivity contribution in [3.05, 3.63) is 0 Å². The van der Waals surface area contributed by atoms with Gasteiger partial charge in [-0.2, -0.15) is 0 Å². The van der Waals surface area contributed by atoms with E-state index in [9.17, 15) is 0 Å². The van der Waals surface area contributed by atoms with Crippen LogP contribution >= 0.6 is 0 Å². The molecule has 7 nitrogen and oxygen atoms in total. The molecule has 224 valence electrons. The van der Waals surface area contributed by atoms with Crippen LogP contribution in [0.1, 0.15) is 97.8 Å². The van der Waals surface area contributed by atoms with Crippen molar-refractivity contribution < 1.29 is 28.4 Å². The van der Waals surface area contributed by atoms with Crippen molar-refractivity contribution >= 4 is 0 Å². The van der Waals surface area contributed by atoms with Crippen LogP contribution in [0.15, 0.2) is 0 Å². The van der Waals surface area contributed by atoms with E-state index < -0.39 is 0 Å². The average molecular weight is 534 g/mol. The molecule has 0 saturated carbocycles. The summed E-state index contributed by atoms with van der Waals surface area (Å²) in [6.45, 7) is 17.9. The van der Waals surface area contributed by atoms with Crippen molar-refractivity contribution in [1.82, 2.24) is 4.90 Å². The van der Waals surface area contributed by atoms with Crippen LogP contribution < -0.4 is 0 Å². The fourth-order valence-corrected chi connectivity index (χ4v) is 3.77. The van der Waals surface area contributed by atoms with Crippen LogP contribution in [0, 0.1) is 0 Å². The molecule has 0 unspecified atom stereocenters. The van der Waals surface area contributed by atoms with E-state index in [1.54, 1.807) is 0 Å². The minimum Gasteiger partial charge on any atom is -0.379 e. The Bertz CT molecular complexity index is 345. The van der Waals surface area contributed by atoms with E-state index in [1.165, 1.54) is 57.8 Å². The van der Waals surface area contributed by atoms with Crippen LogP contribution in [0.5, 0.6) is 0 Å². The molecule has 0 aromatic heterocycles. The second-order valence-electron chi connectivity index (χ2n) is 9.70. The topological polar surface area (TPSA) is 58.6 Å². The third-order valence-corrected chi connectivity index (χ3v) is 6.20. The molecular weight excluding hydrogens is 470 g/mol. The number of unbranched alkanes of at least 4 members (excludes halogenated alkanes) is 9. The first-order valence-corrected chi connectivity index (χ1v) is 15.5. The minimum absolute atomic E-state index is 0.653. The Balaban J connectivity index is 3.87. The average Bonchev–Trinajstić information content (AvgIpc) is 2.91. The predicted octanol–water partition coefficient (Wildman–Crippen LogP) is 6.13. The summed E-state index contributed by atoms with van der Waals surface area (Å²) < 4.78 is 34.4. The molecule has 0 heterocycles. The summed E-state index contributed by atoms with van der Waals surface area (Å²) in [5, 5.41) is 0. The zero-order chi connectivity index (χ0) is 26.9. The molecule has 0 aliphatic carbocycles. The Kier molecular flexibility index (Phi) is 33.5. The first kappa shape index (κ1) is 36.7. The third kappa shape index (κ3) is 31.8. The van der Waals surface area contributed by atoms with E-state index in [1.807, 2.05) is 0 Å². The van der Waals surface area contributed by atoms with Gasteiger partial charge in [0.25, 0.3) is 0 Å². The zero-order valence-electron chi connectivity index (χ0n) is 25.0. The highest BCUT2D eigenvalue weighted by Crippen LogP contribution is 2.00. The van der Waals surface area contributed by atoms with Crippen molar-refractivity contribution in [2.24, 2.45) is 0 Å². The molecule has 0 aliphatic rings. The fraction of sp³-hybridized carbons (Fsp3) is 1.00. The van der Waals surface area contributed by atoms with E-state index in [0.717, 1.165) is 58.7 Å². The fourth-order valence-electron chi connectivity index (χ4n) is 3.77. The van der Waals surface area contributed by atoms with Crippen LogP contribution in [0.25, 0.3) is 0 Å². The first-order chi connectivity index (χ1) is 18.3. The Morgan fingerprint density at radius 1 is 0.297 bits per heavy atom. The van der Waals surface area contributed by atoms with Crippen LogP contribution in [-0.4, -0.2) is 104 Å². The number of hydrogen-bond acceptors (Lipinski definition) is 7. The maximum Gasteiger partial charge on any atom is 0.0701 e. The van der Waals surface area contributed by atoms with Gasteiger partial charge in [0, 0.05) is 39.5 Å². The van der Waals surface area contributed by atoms with Crippen LogP contribution in [0.3, 0.4) is 0 Å². The monoisotopic (exact) mass is 533 g/mol. The Hall–Kier alpha value is -0.280. The molecular formula is C30H63NO6. The second-order valence-corrected chi connectivity index (χ2v) is 9.70. The molecule has 0 aromatic rings. The van der Waals surface area contributed by atoms with Gasteiger partial charge in [0.15, 0.2) is 0 Å².